The first-order chi connectivity index (χ1) is 6.92. The number of nitrogens with one attached hydrogen (secondary N) is 1. The molecule has 0 aliphatic carbocycles. The van der Waals surface area contributed by atoms with Crippen molar-refractivity contribution in [3.8, 4) is 0 Å². The van der Waals surface area contributed by atoms with Crippen LogP contribution >= 0.6 is 11.6 Å². The fourth-order valence-electron chi connectivity index (χ4n) is 1.44. The highest BCUT2D eigenvalue weighted by Crippen LogP contribution is 2.32. The van der Waals surface area contributed by atoms with E-state index in [9.17, 15) is 8.42 Å². The van der Waals surface area contributed by atoms with Gasteiger partial charge in [0.15, 0.2) is 0 Å². The molecule has 0 fully saturated rings. The highest BCUT2D eigenvalue weighted by atomic mass is 35.5. The molecule has 15 heavy (non-hydrogen) atoms. The van der Waals surface area contributed by atoms with Crippen LogP contribution in [-0.4, -0.2) is 13.7 Å². The zero-order valence-electron chi connectivity index (χ0n) is 8.20. The largest absolute Gasteiger partial charge is 0.328 e. The van der Waals surface area contributed by atoms with Gasteiger partial charge in [-0.25, -0.2) is 0 Å². The molecule has 0 unspecified atom stereocenters. The average Bonchev–Trinajstić information content (AvgIpc) is 2.10. The quantitative estimate of drug-likeness (QED) is 0.711. The van der Waals surface area contributed by atoms with Crippen LogP contribution in [-0.2, 0) is 10.0 Å². The van der Waals surface area contributed by atoms with E-state index in [-0.39, 0.29) is 10.2 Å². The molecular weight excluding hydrogens is 236 g/mol. The van der Waals surface area contributed by atoms with Crippen LogP contribution in [0, 0.1) is 13.8 Å². The first-order valence-electron chi connectivity index (χ1n) is 4.29. The minimum atomic E-state index is -3.64. The van der Waals surface area contributed by atoms with Crippen molar-refractivity contribution in [3.63, 3.8) is 0 Å². The van der Waals surface area contributed by atoms with Crippen molar-refractivity contribution >= 4 is 32.6 Å². The second-order valence-corrected chi connectivity index (χ2v) is 5.29. The van der Waals surface area contributed by atoms with E-state index in [1.54, 1.807) is 6.07 Å². The summed E-state index contributed by atoms with van der Waals surface area (Å²) in [6.07, 6.45) is 0. The maximum Gasteiger partial charge on any atom is 0.287 e. The van der Waals surface area contributed by atoms with Crippen molar-refractivity contribution in [2.24, 2.45) is 4.40 Å². The van der Waals surface area contributed by atoms with Gasteiger partial charge in [0.05, 0.1) is 5.69 Å². The smallest absolute Gasteiger partial charge is 0.287 e. The summed E-state index contributed by atoms with van der Waals surface area (Å²) < 4.78 is 26.6. The standard InChI is InChI=1S/C9H9ClN2O2S/c1-5-3-4-7-8(6(5)2)11-9(10)12-15(7,13)14/h3-4H,1-2H3,(H,11,12). The maximum atomic E-state index is 11.6. The lowest BCUT2D eigenvalue weighted by molar-refractivity contribution is 0.598. The Morgan fingerprint density at radius 1 is 1.33 bits per heavy atom. The molecule has 1 aliphatic rings. The van der Waals surface area contributed by atoms with Crippen LogP contribution in [0.15, 0.2) is 21.4 Å². The number of hydrogen-bond acceptors (Lipinski definition) is 3. The normalized spacial score (nSPS) is 17.7. The Balaban J connectivity index is 2.80. The Morgan fingerprint density at radius 2 is 2.00 bits per heavy atom. The second-order valence-electron chi connectivity index (χ2n) is 3.36. The molecule has 1 heterocycles. The summed E-state index contributed by atoms with van der Waals surface area (Å²) in [5.74, 6) is 0. The van der Waals surface area contributed by atoms with Crippen LogP contribution in [0.5, 0.6) is 0 Å². The van der Waals surface area contributed by atoms with Crippen LogP contribution < -0.4 is 5.32 Å². The molecule has 1 aromatic carbocycles. The molecule has 1 aliphatic heterocycles. The van der Waals surface area contributed by atoms with E-state index in [0.29, 0.717) is 5.69 Å². The van der Waals surface area contributed by atoms with Crippen molar-refractivity contribution in [1.29, 1.82) is 0 Å². The van der Waals surface area contributed by atoms with Crippen LogP contribution in [0.1, 0.15) is 11.1 Å². The SMILES string of the molecule is Cc1ccc2c(c1C)NC(Cl)=NS2(=O)=O. The summed E-state index contributed by atoms with van der Waals surface area (Å²) in [4.78, 5) is 0.176. The number of aryl methyl sites for hydroxylation is 1. The molecule has 2 rings (SSSR count). The molecule has 0 atom stereocenters. The summed E-state index contributed by atoms with van der Waals surface area (Å²) in [6.45, 7) is 3.75. The predicted octanol–water partition coefficient (Wildman–Crippen LogP) is 2.01. The van der Waals surface area contributed by atoms with Gasteiger partial charge in [-0.05, 0) is 42.6 Å². The zero-order valence-corrected chi connectivity index (χ0v) is 9.78. The molecule has 0 saturated heterocycles. The molecule has 80 valence electrons. The molecule has 6 heteroatoms. The van der Waals surface area contributed by atoms with E-state index < -0.39 is 10.0 Å². The van der Waals surface area contributed by atoms with Crippen molar-refractivity contribution in [1.82, 2.24) is 0 Å². The van der Waals surface area contributed by atoms with Gasteiger partial charge in [-0.2, -0.15) is 8.42 Å². The highest BCUT2D eigenvalue weighted by molar-refractivity contribution is 7.90. The van der Waals surface area contributed by atoms with E-state index in [0.717, 1.165) is 11.1 Å². The fourth-order valence-corrected chi connectivity index (χ4v) is 2.87. The summed E-state index contributed by atoms with van der Waals surface area (Å²) in [5, 5.41) is 2.65. The van der Waals surface area contributed by atoms with Crippen molar-refractivity contribution in [2.75, 3.05) is 5.32 Å². The van der Waals surface area contributed by atoms with E-state index >= 15 is 0 Å². The monoisotopic (exact) mass is 244 g/mol. The number of anilines is 1. The molecule has 0 spiro atoms. The zero-order chi connectivity index (χ0) is 11.2. The fraction of sp³-hybridized carbons (Fsp3) is 0.222. The Kier molecular flexibility index (Phi) is 2.24. The lowest BCUT2D eigenvalue weighted by atomic mass is 10.1. The Bertz CT molecular complexity index is 564. The minimum absolute atomic E-state index is 0.115. The molecule has 0 saturated carbocycles. The Morgan fingerprint density at radius 3 is 2.67 bits per heavy atom. The summed E-state index contributed by atoms with van der Waals surface area (Å²) in [7, 11) is -3.64. The Hall–Kier alpha value is -1.07. The van der Waals surface area contributed by atoms with Crippen LogP contribution in [0.25, 0.3) is 0 Å². The number of sulfonamides is 1. The maximum absolute atomic E-state index is 11.6. The van der Waals surface area contributed by atoms with Gasteiger partial charge in [0.1, 0.15) is 4.90 Å². The first kappa shape index (κ1) is 10.4. The molecule has 0 amide bonds. The number of halogens is 1. The average molecular weight is 245 g/mol. The molecule has 0 radical (unpaired) electrons. The van der Waals surface area contributed by atoms with E-state index in [1.807, 2.05) is 13.8 Å². The van der Waals surface area contributed by atoms with E-state index in [4.69, 9.17) is 11.6 Å². The molecule has 4 nitrogen and oxygen atoms in total. The number of amidine groups is 1. The predicted molar refractivity (Wildman–Crippen MR) is 60.0 cm³/mol. The van der Waals surface area contributed by atoms with Crippen LogP contribution in [0.3, 0.4) is 0 Å². The lowest BCUT2D eigenvalue weighted by Gasteiger charge is -2.18. The molecular formula is C9H9ClN2O2S. The number of rotatable bonds is 0. The van der Waals surface area contributed by atoms with Gasteiger partial charge in [0, 0.05) is 0 Å². The van der Waals surface area contributed by atoms with Gasteiger partial charge in [0.25, 0.3) is 10.0 Å². The molecule has 1 aromatic rings. The van der Waals surface area contributed by atoms with Gasteiger partial charge in [0.2, 0.25) is 5.29 Å². The number of nitrogens with zero attached hydrogens (tertiary/aromatic N) is 1. The van der Waals surface area contributed by atoms with E-state index in [1.165, 1.54) is 6.07 Å². The van der Waals surface area contributed by atoms with Crippen LogP contribution in [0.2, 0.25) is 0 Å². The third-order valence-electron chi connectivity index (χ3n) is 2.40. The van der Waals surface area contributed by atoms with E-state index in [2.05, 4.69) is 9.71 Å². The highest BCUT2D eigenvalue weighted by Gasteiger charge is 2.25. The van der Waals surface area contributed by atoms with Gasteiger partial charge < -0.3 is 5.32 Å². The lowest BCUT2D eigenvalue weighted by Crippen LogP contribution is -2.18. The molecule has 0 aromatic heterocycles. The van der Waals surface area contributed by atoms with Crippen LogP contribution in [0.4, 0.5) is 5.69 Å². The third-order valence-corrected chi connectivity index (χ3v) is 4.00. The van der Waals surface area contributed by atoms with Crippen molar-refractivity contribution < 1.29 is 8.42 Å². The van der Waals surface area contributed by atoms with Gasteiger partial charge >= 0.3 is 0 Å². The minimum Gasteiger partial charge on any atom is -0.328 e. The summed E-state index contributed by atoms with van der Waals surface area (Å²) in [6, 6.07) is 3.29. The van der Waals surface area contributed by atoms with Gasteiger partial charge in [-0.1, -0.05) is 6.07 Å². The van der Waals surface area contributed by atoms with Gasteiger partial charge in [-0.3, -0.25) is 0 Å². The second kappa shape index (κ2) is 3.21. The third kappa shape index (κ3) is 1.61. The summed E-state index contributed by atoms with van der Waals surface area (Å²) >= 11 is 5.61. The topological polar surface area (TPSA) is 58.5 Å². The number of hydrogen-bond donors (Lipinski definition) is 1. The molecule has 1 N–H and O–H groups in total. The van der Waals surface area contributed by atoms with Gasteiger partial charge in [-0.15, -0.1) is 4.40 Å². The molecule has 0 bridgehead atoms. The number of benzene rings is 1. The van der Waals surface area contributed by atoms with Crippen molar-refractivity contribution in [2.45, 2.75) is 18.7 Å². The Labute approximate surface area is 93.0 Å². The van der Waals surface area contributed by atoms with Crippen molar-refractivity contribution in [3.05, 3.63) is 23.3 Å². The summed E-state index contributed by atoms with van der Waals surface area (Å²) in [5.41, 5.74) is 2.39. The first-order valence-corrected chi connectivity index (χ1v) is 6.11. The number of fused-ring (bicyclic) bond motifs is 1.